The maximum atomic E-state index is 12.8. The Morgan fingerprint density at radius 1 is 1.24 bits per heavy atom. The largest absolute Gasteiger partial charge is 0.489 e. The van der Waals surface area contributed by atoms with Gasteiger partial charge in [0.05, 0.1) is 19.1 Å². The van der Waals surface area contributed by atoms with Crippen molar-refractivity contribution in [1.82, 2.24) is 0 Å². The number of methoxy groups -OCH3 is 1. The summed E-state index contributed by atoms with van der Waals surface area (Å²) in [5.74, 6) is 12.5. The molecule has 1 saturated carbocycles. The lowest BCUT2D eigenvalue weighted by molar-refractivity contribution is -0.140. The average Bonchev–Trinajstić information content (AvgIpc) is 3.35. The predicted molar refractivity (Wildman–Crippen MR) is 149 cm³/mol. The highest BCUT2D eigenvalue weighted by Gasteiger charge is 2.53. The number of carbonyl (C=O) groups excluding carboxylic acids is 2. The molecule has 5 atom stereocenters. The Hall–Kier alpha value is -2.54. The van der Waals surface area contributed by atoms with Crippen LogP contribution in [0.2, 0.25) is 18.1 Å². The van der Waals surface area contributed by atoms with Gasteiger partial charge in [0.1, 0.15) is 11.9 Å². The molecular weight excluding hydrogens is 480 g/mol. The average molecular weight is 523 g/mol. The Balaban J connectivity index is 1.91. The third-order valence-electron chi connectivity index (χ3n) is 8.11. The second kappa shape index (κ2) is 11.9. The van der Waals surface area contributed by atoms with E-state index in [0.29, 0.717) is 19.3 Å². The monoisotopic (exact) mass is 522 g/mol. The van der Waals surface area contributed by atoms with Gasteiger partial charge in [0.25, 0.3) is 0 Å². The van der Waals surface area contributed by atoms with Crippen LogP contribution in [0.25, 0.3) is 0 Å². The van der Waals surface area contributed by atoms with E-state index in [2.05, 4.69) is 75.7 Å². The van der Waals surface area contributed by atoms with Gasteiger partial charge in [-0.1, -0.05) is 51.8 Å². The van der Waals surface area contributed by atoms with Crippen molar-refractivity contribution in [2.45, 2.75) is 103 Å². The molecule has 6 heteroatoms. The maximum absolute atomic E-state index is 12.8. The van der Waals surface area contributed by atoms with Crippen LogP contribution in [0.5, 0.6) is 5.75 Å². The zero-order valence-corrected chi connectivity index (χ0v) is 24.7. The van der Waals surface area contributed by atoms with Gasteiger partial charge in [0.2, 0.25) is 5.78 Å². The number of esters is 1. The molecule has 0 spiro atoms. The third-order valence-corrected chi connectivity index (χ3v) is 12.6. The molecule has 3 rings (SSSR count). The number of hydrogen-bond acceptors (Lipinski definition) is 5. The molecule has 1 aromatic rings. The van der Waals surface area contributed by atoms with E-state index in [4.69, 9.17) is 13.9 Å². The predicted octanol–water partition coefficient (Wildman–Crippen LogP) is 6.06. The second-order valence-electron chi connectivity index (χ2n) is 11.8. The van der Waals surface area contributed by atoms with Crippen LogP contribution in [0.3, 0.4) is 0 Å². The van der Waals surface area contributed by atoms with Gasteiger partial charge < -0.3 is 13.9 Å². The van der Waals surface area contributed by atoms with Gasteiger partial charge in [-0.3, -0.25) is 9.59 Å². The molecule has 1 unspecified atom stereocenters. The van der Waals surface area contributed by atoms with E-state index >= 15 is 0 Å². The topological polar surface area (TPSA) is 61.8 Å². The minimum Gasteiger partial charge on any atom is -0.489 e. The summed E-state index contributed by atoms with van der Waals surface area (Å²) in [6.45, 7) is 14.9. The standard InChI is InChI=1S/C31H42O5Si/c1-9-10-13-21(2)25(32)19-18-23-26(36-37(7,8)31(3,4)5)20-27-29(23)24-16-11-14-22(30(24)35-27)15-12-17-28(33)34-6/h11,14,16,21,23,26-27,29H,12-13,15,17,20H2,1-8H3/t21-,23-,26?,27-,29-/m0/s1. The number of benzene rings is 1. The van der Waals surface area contributed by atoms with Crippen molar-refractivity contribution in [2.75, 3.05) is 7.11 Å². The van der Waals surface area contributed by atoms with Crippen LogP contribution in [0.15, 0.2) is 18.2 Å². The van der Waals surface area contributed by atoms with Gasteiger partial charge in [0.15, 0.2) is 8.32 Å². The highest BCUT2D eigenvalue weighted by Crippen LogP contribution is 2.53. The molecule has 37 heavy (non-hydrogen) atoms. The maximum Gasteiger partial charge on any atom is 0.305 e. The molecule has 1 aliphatic heterocycles. The second-order valence-corrected chi connectivity index (χ2v) is 16.5. The summed E-state index contributed by atoms with van der Waals surface area (Å²) < 4.78 is 18.2. The number of carbonyl (C=O) groups is 2. The van der Waals surface area contributed by atoms with E-state index in [1.54, 1.807) is 6.92 Å². The van der Waals surface area contributed by atoms with Crippen LogP contribution in [-0.2, 0) is 25.2 Å². The number of ether oxygens (including phenoxy) is 2. The molecular formula is C31H42O5Si. The first-order valence-electron chi connectivity index (χ1n) is 13.4. The fraction of sp³-hybridized carbons (Fsp3) is 0.613. The lowest BCUT2D eigenvalue weighted by Crippen LogP contribution is -2.45. The van der Waals surface area contributed by atoms with E-state index < -0.39 is 8.32 Å². The van der Waals surface area contributed by atoms with Crippen molar-refractivity contribution in [3.05, 3.63) is 29.3 Å². The van der Waals surface area contributed by atoms with Crippen molar-refractivity contribution in [3.63, 3.8) is 0 Å². The smallest absolute Gasteiger partial charge is 0.305 e. The number of hydrogen-bond donors (Lipinski definition) is 0. The van der Waals surface area contributed by atoms with Crippen molar-refractivity contribution >= 4 is 20.1 Å². The van der Waals surface area contributed by atoms with E-state index in [1.165, 1.54) is 7.11 Å². The fourth-order valence-electron chi connectivity index (χ4n) is 4.87. The van der Waals surface area contributed by atoms with E-state index in [-0.39, 0.29) is 46.8 Å². The Labute approximate surface area is 224 Å². The van der Waals surface area contributed by atoms with Gasteiger partial charge in [0, 0.05) is 36.7 Å². The van der Waals surface area contributed by atoms with Gasteiger partial charge in [-0.05, 0) is 49.4 Å². The lowest BCUT2D eigenvalue weighted by atomic mass is 9.87. The molecule has 0 N–H and O–H groups in total. The van der Waals surface area contributed by atoms with Crippen LogP contribution in [0, 0.1) is 35.5 Å². The highest BCUT2D eigenvalue weighted by molar-refractivity contribution is 6.74. The van der Waals surface area contributed by atoms with Crippen LogP contribution in [0.4, 0.5) is 0 Å². The van der Waals surface area contributed by atoms with Gasteiger partial charge >= 0.3 is 5.97 Å². The molecule has 1 aliphatic carbocycles. The van der Waals surface area contributed by atoms with Crippen molar-refractivity contribution in [2.24, 2.45) is 11.8 Å². The first-order chi connectivity index (χ1) is 17.4. The summed E-state index contributed by atoms with van der Waals surface area (Å²) in [4.78, 5) is 24.4. The van der Waals surface area contributed by atoms with Crippen LogP contribution >= 0.6 is 0 Å². The molecule has 0 aromatic heterocycles. The Morgan fingerprint density at radius 3 is 2.62 bits per heavy atom. The van der Waals surface area contributed by atoms with Crippen molar-refractivity contribution < 1.29 is 23.5 Å². The van der Waals surface area contributed by atoms with Crippen molar-refractivity contribution in [1.29, 1.82) is 0 Å². The number of aryl methyl sites for hydroxylation is 1. The molecule has 1 aromatic carbocycles. The molecule has 5 nitrogen and oxygen atoms in total. The Morgan fingerprint density at radius 2 is 1.97 bits per heavy atom. The van der Waals surface area contributed by atoms with Gasteiger partial charge in [-0.2, -0.15) is 0 Å². The summed E-state index contributed by atoms with van der Waals surface area (Å²) in [5, 5.41) is 0.0669. The minimum atomic E-state index is -2.06. The lowest BCUT2D eigenvalue weighted by Gasteiger charge is -2.39. The fourth-order valence-corrected chi connectivity index (χ4v) is 6.22. The highest BCUT2D eigenvalue weighted by atomic mass is 28.4. The molecule has 1 heterocycles. The molecule has 0 radical (unpaired) electrons. The minimum absolute atomic E-state index is 0.0377. The van der Waals surface area contributed by atoms with Gasteiger partial charge in [-0.25, -0.2) is 0 Å². The van der Waals surface area contributed by atoms with Gasteiger partial charge in [-0.15, -0.1) is 11.8 Å². The normalized spacial score (nSPS) is 22.9. The number of Topliss-reactive ketones (excluding diaryl/α,β-unsaturated/α-hetero) is 1. The molecule has 0 amide bonds. The first-order valence-corrected chi connectivity index (χ1v) is 16.3. The van der Waals surface area contributed by atoms with E-state index in [0.717, 1.165) is 29.7 Å². The molecule has 2 aliphatic rings. The molecule has 0 saturated heterocycles. The third kappa shape index (κ3) is 6.67. The number of para-hydroxylation sites is 1. The summed E-state index contributed by atoms with van der Waals surface area (Å²) in [6, 6.07) is 6.25. The summed E-state index contributed by atoms with van der Waals surface area (Å²) in [5.41, 5.74) is 2.24. The number of ketones is 1. The Kier molecular flexibility index (Phi) is 9.32. The molecule has 0 bridgehead atoms. The summed E-state index contributed by atoms with van der Waals surface area (Å²) in [6.07, 6.45) is 2.97. The number of rotatable bonds is 8. The quantitative estimate of drug-likeness (QED) is 0.180. The van der Waals surface area contributed by atoms with Crippen LogP contribution < -0.4 is 4.74 Å². The van der Waals surface area contributed by atoms with Crippen LogP contribution in [0.1, 0.15) is 77.3 Å². The van der Waals surface area contributed by atoms with E-state index in [1.807, 2.05) is 6.92 Å². The van der Waals surface area contributed by atoms with Crippen LogP contribution in [-0.4, -0.2) is 39.4 Å². The molecule has 1 fully saturated rings. The summed E-state index contributed by atoms with van der Waals surface area (Å²) >= 11 is 0. The number of fused-ring (bicyclic) bond motifs is 3. The van der Waals surface area contributed by atoms with E-state index in [9.17, 15) is 9.59 Å². The molecule has 200 valence electrons. The van der Waals surface area contributed by atoms with Crippen molar-refractivity contribution in [3.8, 4) is 29.4 Å². The first kappa shape index (κ1) is 29.0. The zero-order valence-electron chi connectivity index (χ0n) is 23.7. The Bertz CT molecular complexity index is 1120. The summed E-state index contributed by atoms with van der Waals surface area (Å²) in [7, 11) is -0.644. The SMILES string of the molecule is CC#CC[C@H](C)C(=O)C#C[C@H]1C(O[Si](C)(C)C(C)(C)C)C[C@@H]2Oc3c(CCCC(=O)OC)cccc3[C@@H]21. The zero-order chi connectivity index (χ0) is 27.4.